The third kappa shape index (κ3) is 2.16. The molecule has 6 nitrogen and oxygen atoms in total. The van der Waals surface area contributed by atoms with E-state index < -0.39 is 17.1 Å². The molecule has 0 aliphatic heterocycles. The van der Waals surface area contributed by atoms with E-state index >= 15 is 0 Å². The predicted octanol–water partition coefficient (Wildman–Crippen LogP) is 0.821. The lowest BCUT2D eigenvalue weighted by Crippen LogP contribution is -2.18. The van der Waals surface area contributed by atoms with Crippen molar-refractivity contribution < 1.29 is 15.1 Å². The van der Waals surface area contributed by atoms with E-state index in [4.69, 9.17) is 5.26 Å². The molecule has 0 amide bonds. The normalized spacial score (nSPS) is 13.9. The number of nitriles is 1. The Morgan fingerprint density at radius 2 is 2.12 bits per heavy atom. The number of aryl methyl sites for hydroxylation is 1. The number of rotatable bonds is 3. The molecule has 1 aromatic rings. The van der Waals surface area contributed by atoms with E-state index in [0.717, 1.165) is 0 Å². The summed E-state index contributed by atoms with van der Waals surface area (Å²) in [6.45, 7) is 1.57. The number of hydrogen-bond acceptors (Lipinski definition) is 5. The van der Waals surface area contributed by atoms with Crippen LogP contribution in [0.5, 0.6) is 0 Å². The SMILES string of the molecule is Cc1cccc([N+](=O)[O-])c1C(O)C(O)C#N. The lowest BCUT2D eigenvalue weighted by Gasteiger charge is -2.14. The van der Waals surface area contributed by atoms with Crippen LogP contribution in [0.1, 0.15) is 17.2 Å². The molecule has 84 valence electrons. The van der Waals surface area contributed by atoms with Crippen LogP contribution in [0, 0.1) is 28.4 Å². The number of nitro groups is 1. The van der Waals surface area contributed by atoms with Gasteiger partial charge in [0.05, 0.1) is 16.6 Å². The first-order valence-corrected chi connectivity index (χ1v) is 4.48. The minimum Gasteiger partial charge on any atom is -0.384 e. The van der Waals surface area contributed by atoms with Gasteiger partial charge in [-0.3, -0.25) is 10.1 Å². The summed E-state index contributed by atoms with van der Waals surface area (Å²) in [5.74, 6) is 0. The van der Waals surface area contributed by atoms with Gasteiger partial charge in [0.1, 0.15) is 6.10 Å². The van der Waals surface area contributed by atoms with Crippen molar-refractivity contribution in [3.63, 3.8) is 0 Å². The summed E-state index contributed by atoms with van der Waals surface area (Å²) >= 11 is 0. The Balaban J connectivity index is 3.31. The zero-order valence-corrected chi connectivity index (χ0v) is 8.49. The van der Waals surface area contributed by atoms with E-state index in [2.05, 4.69) is 0 Å². The highest BCUT2D eigenvalue weighted by Crippen LogP contribution is 2.29. The zero-order valence-electron chi connectivity index (χ0n) is 8.49. The molecule has 0 fully saturated rings. The van der Waals surface area contributed by atoms with Crippen LogP contribution in [-0.4, -0.2) is 21.2 Å². The predicted molar refractivity (Wildman–Crippen MR) is 54.4 cm³/mol. The molecular formula is C10H10N2O4. The maximum Gasteiger partial charge on any atom is 0.275 e. The van der Waals surface area contributed by atoms with E-state index in [1.165, 1.54) is 18.2 Å². The van der Waals surface area contributed by atoms with Gasteiger partial charge in [-0.15, -0.1) is 0 Å². The minimum absolute atomic E-state index is 0.0263. The summed E-state index contributed by atoms with van der Waals surface area (Å²) in [7, 11) is 0. The number of nitrogens with zero attached hydrogens (tertiary/aromatic N) is 2. The van der Waals surface area contributed by atoms with E-state index in [1.54, 1.807) is 13.0 Å². The fraction of sp³-hybridized carbons (Fsp3) is 0.300. The second-order valence-corrected chi connectivity index (χ2v) is 3.28. The van der Waals surface area contributed by atoms with Gasteiger partial charge in [-0.05, 0) is 12.5 Å². The Morgan fingerprint density at radius 3 is 2.62 bits per heavy atom. The minimum atomic E-state index is -1.68. The van der Waals surface area contributed by atoms with Gasteiger partial charge < -0.3 is 10.2 Å². The molecule has 0 aromatic heterocycles. The molecule has 0 bridgehead atoms. The van der Waals surface area contributed by atoms with Gasteiger partial charge in [-0.2, -0.15) is 5.26 Å². The number of hydrogen-bond donors (Lipinski definition) is 2. The Labute approximate surface area is 91.5 Å². The highest BCUT2D eigenvalue weighted by Gasteiger charge is 2.27. The van der Waals surface area contributed by atoms with Crippen molar-refractivity contribution in [3.05, 3.63) is 39.4 Å². The van der Waals surface area contributed by atoms with E-state index in [-0.39, 0.29) is 11.3 Å². The van der Waals surface area contributed by atoms with Crippen LogP contribution in [0.4, 0.5) is 5.69 Å². The average molecular weight is 222 g/mol. The molecule has 6 heteroatoms. The summed E-state index contributed by atoms with van der Waals surface area (Å²) < 4.78 is 0. The van der Waals surface area contributed by atoms with Crippen molar-refractivity contribution in [2.75, 3.05) is 0 Å². The Kier molecular flexibility index (Phi) is 3.55. The number of aliphatic hydroxyl groups is 2. The first kappa shape index (κ1) is 12.1. The fourth-order valence-corrected chi connectivity index (χ4v) is 1.44. The van der Waals surface area contributed by atoms with E-state index in [9.17, 15) is 20.3 Å². The van der Waals surface area contributed by atoms with Crippen LogP contribution in [0.2, 0.25) is 0 Å². The first-order chi connectivity index (χ1) is 7.49. The van der Waals surface area contributed by atoms with Crippen LogP contribution in [0.25, 0.3) is 0 Å². The number of nitro benzene ring substituents is 1. The Hall–Kier alpha value is -1.97. The topological polar surface area (TPSA) is 107 Å². The summed E-state index contributed by atoms with van der Waals surface area (Å²) in [5, 5.41) is 38.0. The van der Waals surface area contributed by atoms with Gasteiger partial charge in [0.15, 0.2) is 6.10 Å². The van der Waals surface area contributed by atoms with Crippen molar-refractivity contribution >= 4 is 5.69 Å². The third-order valence-electron chi connectivity index (χ3n) is 2.22. The molecule has 0 saturated heterocycles. The second kappa shape index (κ2) is 4.70. The molecule has 1 rings (SSSR count). The molecule has 0 spiro atoms. The van der Waals surface area contributed by atoms with Gasteiger partial charge in [-0.25, -0.2) is 0 Å². The molecule has 0 heterocycles. The second-order valence-electron chi connectivity index (χ2n) is 3.28. The summed E-state index contributed by atoms with van der Waals surface area (Å²) in [6.07, 6.45) is -3.26. The molecule has 1 aromatic carbocycles. The van der Waals surface area contributed by atoms with Crippen LogP contribution >= 0.6 is 0 Å². The fourth-order valence-electron chi connectivity index (χ4n) is 1.44. The quantitative estimate of drug-likeness (QED) is 0.447. The highest BCUT2D eigenvalue weighted by molar-refractivity contribution is 5.47. The standard InChI is InChI=1S/C10H10N2O4/c1-6-3-2-4-7(12(15)16)9(6)10(14)8(13)5-11/h2-4,8,10,13-14H,1H3. The van der Waals surface area contributed by atoms with Gasteiger partial charge in [0, 0.05) is 6.07 Å². The van der Waals surface area contributed by atoms with E-state index in [0.29, 0.717) is 5.56 Å². The van der Waals surface area contributed by atoms with Gasteiger partial charge in [-0.1, -0.05) is 12.1 Å². The molecule has 0 saturated carbocycles. The van der Waals surface area contributed by atoms with Crippen molar-refractivity contribution in [2.24, 2.45) is 0 Å². The number of benzene rings is 1. The lowest BCUT2D eigenvalue weighted by atomic mass is 9.98. The first-order valence-electron chi connectivity index (χ1n) is 4.48. The largest absolute Gasteiger partial charge is 0.384 e. The van der Waals surface area contributed by atoms with Crippen LogP contribution in [0.3, 0.4) is 0 Å². The van der Waals surface area contributed by atoms with Gasteiger partial charge >= 0.3 is 0 Å². The third-order valence-corrected chi connectivity index (χ3v) is 2.22. The molecule has 0 aliphatic carbocycles. The average Bonchev–Trinajstić information content (AvgIpc) is 2.26. The van der Waals surface area contributed by atoms with E-state index in [1.807, 2.05) is 0 Å². The molecule has 0 radical (unpaired) electrons. The lowest BCUT2D eigenvalue weighted by molar-refractivity contribution is -0.386. The smallest absolute Gasteiger partial charge is 0.275 e. The van der Waals surface area contributed by atoms with Crippen molar-refractivity contribution in [3.8, 4) is 6.07 Å². The maximum absolute atomic E-state index is 10.7. The summed E-state index contributed by atoms with van der Waals surface area (Å²) in [6, 6.07) is 5.70. The van der Waals surface area contributed by atoms with Crippen molar-refractivity contribution in [1.82, 2.24) is 0 Å². The Morgan fingerprint density at radius 1 is 1.50 bits per heavy atom. The van der Waals surface area contributed by atoms with Gasteiger partial charge in [0.2, 0.25) is 0 Å². The number of aliphatic hydroxyl groups excluding tert-OH is 2. The van der Waals surface area contributed by atoms with Crippen LogP contribution in [-0.2, 0) is 0 Å². The molecule has 2 unspecified atom stereocenters. The van der Waals surface area contributed by atoms with Crippen molar-refractivity contribution in [1.29, 1.82) is 5.26 Å². The molecule has 0 aliphatic rings. The molecule has 16 heavy (non-hydrogen) atoms. The zero-order chi connectivity index (χ0) is 12.3. The van der Waals surface area contributed by atoms with Gasteiger partial charge in [0.25, 0.3) is 5.69 Å². The van der Waals surface area contributed by atoms with Crippen LogP contribution in [0.15, 0.2) is 18.2 Å². The maximum atomic E-state index is 10.7. The molecule has 2 N–H and O–H groups in total. The summed E-state index contributed by atoms with van der Waals surface area (Å²) in [4.78, 5) is 10.1. The molecule has 2 atom stereocenters. The summed E-state index contributed by atoms with van der Waals surface area (Å²) in [5.41, 5.74) is 0.124. The highest BCUT2D eigenvalue weighted by atomic mass is 16.6. The van der Waals surface area contributed by atoms with Crippen LogP contribution < -0.4 is 0 Å². The Bertz CT molecular complexity index is 453. The molecular weight excluding hydrogens is 212 g/mol. The monoisotopic (exact) mass is 222 g/mol. The van der Waals surface area contributed by atoms with Crippen molar-refractivity contribution in [2.45, 2.75) is 19.1 Å².